The number of aromatic nitrogens is 4. The molecule has 346 valence electrons. The van der Waals surface area contributed by atoms with E-state index in [0.717, 1.165) is 33.9 Å². The van der Waals surface area contributed by atoms with Gasteiger partial charge in [0.2, 0.25) is 11.8 Å². The van der Waals surface area contributed by atoms with Crippen molar-refractivity contribution in [3.8, 4) is 0 Å². The van der Waals surface area contributed by atoms with E-state index in [1.807, 2.05) is 30.3 Å². The predicted octanol–water partition coefficient (Wildman–Crippen LogP) is -2.15. The number of nitrogens with two attached hydrogens (primary N) is 1. The third-order valence-corrected chi connectivity index (χ3v) is 13.9. The molecule has 1 fully saturated rings. The van der Waals surface area contributed by atoms with Crippen LogP contribution in [0.15, 0.2) is 47.9 Å². The van der Waals surface area contributed by atoms with E-state index in [4.69, 9.17) is 10.5 Å². The number of benzene rings is 1. The van der Waals surface area contributed by atoms with E-state index in [0.29, 0.717) is 5.75 Å². The molecular formula is C32H44N7O18P3S2-4. The summed E-state index contributed by atoms with van der Waals surface area (Å²) in [7, 11) is -17.7. The van der Waals surface area contributed by atoms with E-state index >= 15 is 0 Å². The Morgan fingerprint density at radius 1 is 1.03 bits per heavy atom. The van der Waals surface area contributed by atoms with Gasteiger partial charge >= 0.3 is 0 Å². The van der Waals surface area contributed by atoms with Crippen LogP contribution in [0.1, 0.15) is 33.6 Å². The third kappa shape index (κ3) is 15.1. The molecule has 0 saturated carbocycles. The molecule has 7 N–H and O–H groups in total. The van der Waals surface area contributed by atoms with Crippen molar-refractivity contribution in [2.45, 2.75) is 74.8 Å². The van der Waals surface area contributed by atoms with Crippen molar-refractivity contribution in [1.82, 2.24) is 30.2 Å². The standard InChI is InChI=1S/C32H48N7O18P3S2/c1-31(2,27(44)30(45)35-10-9-22(41)34-11-12-61-23(42)13-19(40)15-62-20-7-5-4-6-8-20)16-54-60(51,52)57-59(49,50)53-14-21-25(56-58(46,47)48)26(43)32(3,55-21)39-18-38-24-28(33)36-17-37-29(24)39/h4-8,17-19,21,25-27,40,43-44H,9-16H2,1-3H3,(H,34,41)(H,35,45)(H,49,50)(H,51,52)(H2,33,36,37)(H2,46,47,48)/p-4. The molecule has 8 unspecified atom stereocenters. The summed E-state index contributed by atoms with van der Waals surface area (Å²) in [4.78, 5) is 97.9. The zero-order chi connectivity index (χ0) is 46.1. The van der Waals surface area contributed by atoms with Crippen molar-refractivity contribution < 1.29 is 85.6 Å². The van der Waals surface area contributed by atoms with Gasteiger partial charge in [-0.3, -0.25) is 28.1 Å². The average molecular weight is 972 g/mol. The largest absolute Gasteiger partial charge is 0.790 e. The van der Waals surface area contributed by atoms with Gasteiger partial charge in [0.15, 0.2) is 22.3 Å². The topological polar surface area (TPSA) is 395 Å². The van der Waals surface area contributed by atoms with Crippen molar-refractivity contribution in [3.05, 3.63) is 43.0 Å². The lowest BCUT2D eigenvalue weighted by Gasteiger charge is -2.36. The minimum absolute atomic E-state index is 0.0293. The molecule has 3 aromatic rings. The fraction of sp³-hybridized carbons (Fsp3) is 0.562. The highest BCUT2D eigenvalue weighted by Crippen LogP contribution is 2.56. The minimum atomic E-state index is -5.95. The van der Waals surface area contributed by atoms with Crippen molar-refractivity contribution in [2.24, 2.45) is 5.41 Å². The van der Waals surface area contributed by atoms with Gasteiger partial charge in [-0.25, -0.2) is 19.3 Å². The quantitative estimate of drug-likeness (QED) is 0.0317. The molecule has 0 bridgehead atoms. The van der Waals surface area contributed by atoms with E-state index in [1.165, 1.54) is 32.5 Å². The number of phosphoric ester groups is 3. The number of rotatable bonds is 24. The number of aliphatic hydroxyl groups is 3. The molecule has 1 saturated heterocycles. The number of thioether (sulfide) groups is 2. The summed E-state index contributed by atoms with van der Waals surface area (Å²) in [6.07, 6.45) is -7.09. The molecule has 30 heteroatoms. The number of fused-ring (bicyclic) bond motifs is 1. The molecule has 1 aliphatic rings. The van der Waals surface area contributed by atoms with Crippen LogP contribution in [-0.2, 0) is 56.4 Å². The van der Waals surface area contributed by atoms with Gasteiger partial charge in [0.05, 0.1) is 33.5 Å². The Morgan fingerprint density at radius 2 is 1.71 bits per heavy atom. The first kappa shape index (κ1) is 51.7. The summed E-state index contributed by atoms with van der Waals surface area (Å²) in [5.41, 5.74) is 1.98. The Morgan fingerprint density at radius 3 is 2.39 bits per heavy atom. The van der Waals surface area contributed by atoms with Gasteiger partial charge in [0.1, 0.15) is 36.3 Å². The second-order valence-electron chi connectivity index (χ2n) is 14.2. The Labute approximate surface area is 362 Å². The normalized spacial score (nSPS) is 22.4. The number of nitrogens with zero attached hydrogens (tertiary/aromatic N) is 4. The number of nitrogen functional groups attached to an aromatic ring is 1. The smallest absolute Gasteiger partial charge is 0.274 e. The van der Waals surface area contributed by atoms with E-state index in [2.05, 4.69) is 43.5 Å². The summed E-state index contributed by atoms with van der Waals surface area (Å²) in [5, 5.41) is 36.4. The zero-order valence-electron chi connectivity index (χ0n) is 33.1. The first-order valence-electron chi connectivity index (χ1n) is 18.2. The number of anilines is 1. The molecule has 0 spiro atoms. The highest BCUT2D eigenvalue weighted by atomic mass is 32.2. The summed E-state index contributed by atoms with van der Waals surface area (Å²) in [5.74, 6) is -1.07. The van der Waals surface area contributed by atoms with Crippen molar-refractivity contribution in [3.63, 3.8) is 0 Å². The number of ether oxygens (including phenoxy) is 1. The summed E-state index contributed by atoms with van der Waals surface area (Å²) in [6.45, 7) is 1.08. The fourth-order valence-corrected chi connectivity index (χ4v) is 9.93. The van der Waals surface area contributed by atoms with E-state index in [1.54, 1.807) is 0 Å². The summed E-state index contributed by atoms with van der Waals surface area (Å²) < 4.78 is 61.2. The molecule has 2 amide bonds. The molecule has 0 radical (unpaired) electrons. The maximum Gasteiger partial charge on any atom is 0.274 e. The predicted molar refractivity (Wildman–Crippen MR) is 211 cm³/mol. The van der Waals surface area contributed by atoms with Crippen LogP contribution in [0, 0.1) is 5.41 Å². The van der Waals surface area contributed by atoms with Gasteiger partial charge in [-0.05, 0) is 19.1 Å². The van der Waals surface area contributed by atoms with Crippen LogP contribution >= 0.6 is 47.0 Å². The number of aliphatic hydroxyl groups excluding tert-OH is 3. The van der Waals surface area contributed by atoms with Crippen LogP contribution in [0.2, 0.25) is 0 Å². The van der Waals surface area contributed by atoms with Gasteiger partial charge in [0, 0.05) is 47.7 Å². The van der Waals surface area contributed by atoms with Crippen LogP contribution < -0.4 is 35.9 Å². The number of phosphoric acid groups is 3. The summed E-state index contributed by atoms with van der Waals surface area (Å²) in [6, 6.07) is 9.37. The third-order valence-electron chi connectivity index (χ3n) is 8.81. The second-order valence-corrected chi connectivity index (χ2v) is 20.6. The van der Waals surface area contributed by atoms with E-state index in [-0.39, 0.29) is 53.8 Å². The van der Waals surface area contributed by atoms with Crippen molar-refractivity contribution in [2.75, 3.05) is 43.5 Å². The first-order valence-corrected chi connectivity index (χ1v) is 24.5. The van der Waals surface area contributed by atoms with Crippen molar-refractivity contribution >= 4 is 80.9 Å². The van der Waals surface area contributed by atoms with Gasteiger partial charge in [-0.15, -0.1) is 11.8 Å². The highest BCUT2D eigenvalue weighted by Gasteiger charge is 2.55. The average Bonchev–Trinajstić information content (AvgIpc) is 3.73. The van der Waals surface area contributed by atoms with Crippen LogP contribution in [0.25, 0.3) is 11.2 Å². The van der Waals surface area contributed by atoms with Gasteiger partial charge in [0.25, 0.3) is 15.6 Å². The van der Waals surface area contributed by atoms with Gasteiger partial charge in [-0.1, -0.05) is 43.8 Å². The molecular weight excluding hydrogens is 927 g/mol. The minimum Gasteiger partial charge on any atom is -0.790 e. The molecule has 0 aliphatic carbocycles. The molecule has 3 heterocycles. The Hall–Kier alpha value is -2.91. The molecule has 1 aliphatic heterocycles. The number of nitrogens with one attached hydrogen (secondary N) is 2. The molecule has 62 heavy (non-hydrogen) atoms. The monoisotopic (exact) mass is 971 g/mol. The van der Waals surface area contributed by atoms with E-state index < -0.39 is 90.2 Å². The second kappa shape index (κ2) is 21.8. The highest BCUT2D eigenvalue weighted by molar-refractivity contribution is 8.13. The fourth-order valence-electron chi connectivity index (χ4n) is 5.60. The van der Waals surface area contributed by atoms with Gasteiger partial charge in [-0.2, -0.15) is 0 Å². The van der Waals surface area contributed by atoms with Crippen LogP contribution in [-0.4, -0.2) is 120 Å². The van der Waals surface area contributed by atoms with Crippen LogP contribution in [0.5, 0.6) is 0 Å². The van der Waals surface area contributed by atoms with E-state index in [9.17, 15) is 63.0 Å². The Balaban J connectivity index is 1.19. The van der Waals surface area contributed by atoms with Crippen molar-refractivity contribution in [1.29, 1.82) is 0 Å². The molecule has 1 aromatic carbocycles. The van der Waals surface area contributed by atoms with Gasteiger partial charge < -0.3 is 74.1 Å². The molecule has 8 atom stereocenters. The lowest BCUT2D eigenvalue weighted by molar-refractivity contribution is -0.347. The molecule has 25 nitrogen and oxygen atoms in total. The maximum atomic E-state index is 12.6. The zero-order valence-corrected chi connectivity index (χ0v) is 37.4. The Kier molecular flexibility index (Phi) is 18.2. The first-order chi connectivity index (χ1) is 28.8. The molecule has 4 rings (SSSR count). The number of carbonyl (C=O) groups excluding carboxylic acids is 3. The SMILES string of the molecule is CC(C)(COP(=O)([O-])OP(=O)([O-])OCC1OC(C)(n2cnc3c(N)ncnc32)C(O)C1OP(=O)([O-])[O-])C(O)C(=O)NCCC(=O)NCCSC(=O)CC(O)CSc1ccccc1. The number of hydrogen-bond acceptors (Lipinski definition) is 24. The maximum absolute atomic E-state index is 12.6. The summed E-state index contributed by atoms with van der Waals surface area (Å²) >= 11 is 2.36. The Bertz CT molecular complexity index is 2170. The number of amides is 2. The number of imidazole rings is 1. The number of carbonyl (C=O) groups is 3. The lowest BCUT2D eigenvalue weighted by atomic mass is 9.87. The van der Waals surface area contributed by atoms with Crippen LogP contribution in [0.3, 0.4) is 0 Å². The number of hydrogen-bond donors (Lipinski definition) is 6. The lowest BCUT2D eigenvalue weighted by Crippen LogP contribution is -2.46. The molecule has 2 aromatic heterocycles. The van der Waals surface area contributed by atoms with Crippen LogP contribution in [0.4, 0.5) is 5.82 Å².